The molecule has 1 aliphatic heterocycles. The zero-order valence-electron chi connectivity index (χ0n) is 9.02. The molecule has 1 fully saturated rings. The van der Waals surface area contributed by atoms with E-state index in [9.17, 15) is 4.79 Å². The van der Waals surface area contributed by atoms with E-state index in [1.165, 1.54) is 6.42 Å². The number of pyridine rings is 1. The van der Waals surface area contributed by atoms with Crippen molar-refractivity contribution in [3.8, 4) is 0 Å². The lowest BCUT2D eigenvalue weighted by Crippen LogP contribution is -2.37. The molecule has 1 amide bonds. The molecule has 0 bridgehead atoms. The summed E-state index contributed by atoms with van der Waals surface area (Å²) >= 11 is 0. The van der Waals surface area contributed by atoms with Gasteiger partial charge in [0.2, 0.25) is 5.91 Å². The molecule has 2 rings (SSSR count). The number of carbonyl (C=O) groups excluding carboxylic acids is 1. The van der Waals surface area contributed by atoms with Gasteiger partial charge in [0.05, 0.1) is 11.7 Å². The van der Waals surface area contributed by atoms with Crippen molar-refractivity contribution in [3.63, 3.8) is 0 Å². The second-order valence-corrected chi connectivity index (χ2v) is 3.98. The van der Waals surface area contributed by atoms with Crippen LogP contribution in [-0.4, -0.2) is 22.3 Å². The van der Waals surface area contributed by atoms with Gasteiger partial charge >= 0.3 is 0 Å². The zero-order valence-corrected chi connectivity index (χ0v) is 9.02. The van der Waals surface area contributed by atoms with Crippen molar-refractivity contribution in [1.82, 2.24) is 9.88 Å². The Kier molecular flexibility index (Phi) is 2.99. The van der Waals surface area contributed by atoms with Crippen LogP contribution in [0.1, 0.15) is 37.9 Å². The largest absolute Gasteiger partial charge is 0.334 e. The molecule has 0 spiro atoms. The van der Waals surface area contributed by atoms with Crippen LogP contribution in [0.5, 0.6) is 0 Å². The van der Waals surface area contributed by atoms with Gasteiger partial charge in [-0.05, 0) is 31.4 Å². The van der Waals surface area contributed by atoms with E-state index >= 15 is 0 Å². The molecule has 0 unspecified atom stereocenters. The Balaban J connectivity index is 2.22. The van der Waals surface area contributed by atoms with Crippen LogP contribution in [0.3, 0.4) is 0 Å². The summed E-state index contributed by atoms with van der Waals surface area (Å²) < 4.78 is 0. The van der Waals surface area contributed by atoms with Crippen molar-refractivity contribution < 1.29 is 4.79 Å². The van der Waals surface area contributed by atoms with Crippen LogP contribution in [-0.2, 0) is 4.79 Å². The molecule has 80 valence electrons. The molecule has 3 heteroatoms. The summed E-state index contributed by atoms with van der Waals surface area (Å²) in [6.07, 6.45) is 5.13. The second kappa shape index (κ2) is 4.43. The highest BCUT2D eigenvalue weighted by atomic mass is 16.2. The van der Waals surface area contributed by atoms with Gasteiger partial charge in [-0.25, -0.2) is 0 Å². The molecule has 1 aromatic rings. The van der Waals surface area contributed by atoms with Crippen molar-refractivity contribution in [2.45, 2.75) is 32.2 Å². The first-order chi connectivity index (χ1) is 7.29. The van der Waals surface area contributed by atoms with E-state index < -0.39 is 0 Å². The first-order valence-electron chi connectivity index (χ1n) is 5.47. The van der Waals surface area contributed by atoms with Gasteiger partial charge in [0.15, 0.2) is 0 Å². The van der Waals surface area contributed by atoms with Crippen molar-refractivity contribution in [1.29, 1.82) is 0 Å². The van der Waals surface area contributed by atoms with Crippen LogP contribution in [0.2, 0.25) is 0 Å². The topological polar surface area (TPSA) is 33.2 Å². The third-order valence-corrected chi connectivity index (χ3v) is 2.94. The van der Waals surface area contributed by atoms with Crippen molar-refractivity contribution >= 4 is 5.91 Å². The minimum absolute atomic E-state index is 0.158. The number of aromatic nitrogens is 1. The van der Waals surface area contributed by atoms with Gasteiger partial charge < -0.3 is 4.90 Å². The molecular formula is C12H16N2O. The van der Waals surface area contributed by atoms with E-state index in [4.69, 9.17) is 0 Å². The second-order valence-electron chi connectivity index (χ2n) is 3.98. The highest BCUT2D eigenvalue weighted by Gasteiger charge is 2.26. The number of piperidine rings is 1. The van der Waals surface area contributed by atoms with Gasteiger partial charge in [0.25, 0.3) is 0 Å². The van der Waals surface area contributed by atoms with Gasteiger partial charge in [-0.1, -0.05) is 6.07 Å². The third-order valence-electron chi connectivity index (χ3n) is 2.94. The van der Waals surface area contributed by atoms with Gasteiger partial charge in [-0.15, -0.1) is 0 Å². The molecule has 1 aliphatic rings. The summed E-state index contributed by atoms with van der Waals surface area (Å²) in [4.78, 5) is 17.8. The van der Waals surface area contributed by atoms with Gasteiger partial charge in [-0.2, -0.15) is 0 Å². The fraction of sp³-hybridized carbons (Fsp3) is 0.500. The first kappa shape index (κ1) is 10.1. The number of hydrogen-bond acceptors (Lipinski definition) is 2. The molecule has 1 saturated heterocycles. The molecule has 1 atom stereocenters. The molecule has 0 aromatic carbocycles. The maximum atomic E-state index is 11.5. The Hall–Kier alpha value is -1.38. The zero-order chi connectivity index (χ0) is 10.7. The van der Waals surface area contributed by atoms with E-state index in [0.717, 1.165) is 25.1 Å². The molecule has 1 aromatic heterocycles. The quantitative estimate of drug-likeness (QED) is 0.702. The van der Waals surface area contributed by atoms with Crippen molar-refractivity contribution in [2.24, 2.45) is 0 Å². The van der Waals surface area contributed by atoms with Crippen LogP contribution < -0.4 is 0 Å². The number of nitrogens with zero attached hydrogens (tertiary/aromatic N) is 2. The maximum absolute atomic E-state index is 11.5. The molecule has 0 N–H and O–H groups in total. The summed E-state index contributed by atoms with van der Waals surface area (Å²) in [5, 5.41) is 0. The van der Waals surface area contributed by atoms with Crippen LogP contribution in [0.25, 0.3) is 0 Å². The smallest absolute Gasteiger partial charge is 0.220 e. The normalized spacial score (nSPS) is 21.4. The Morgan fingerprint density at radius 2 is 2.33 bits per heavy atom. The average molecular weight is 204 g/mol. The summed E-state index contributed by atoms with van der Waals surface area (Å²) in [7, 11) is 0. The lowest BCUT2D eigenvalue weighted by molar-refractivity contribution is -0.132. The summed E-state index contributed by atoms with van der Waals surface area (Å²) in [5.74, 6) is 0.158. The molecule has 0 aliphatic carbocycles. The Morgan fingerprint density at radius 3 is 3.00 bits per heavy atom. The number of carbonyl (C=O) groups is 1. The average Bonchev–Trinajstić information content (AvgIpc) is 2.30. The number of rotatable bonds is 1. The Morgan fingerprint density at radius 1 is 1.47 bits per heavy atom. The van der Waals surface area contributed by atoms with E-state index in [1.54, 1.807) is 13.1 Å². The monoisotopic (exact) mass is 204 g/mol. The van der Waals surface area contributed by atoms with Crippen molar-refractivity contribution in [3.05, 3.63) is 30.1 Å². The summed E-state index contributed by atoms with van der Waals surface area (Å²) in [6.45, 7) is 2.51. The fourth-order valence-electron chi connectivity index (χ4n) is 2.19. The Bertz CT molecular complexity index is 337. The molecule has 0 radical (unpaired) electrons. The third kappa shape index (κ3) is 2.17. The molecular weight excluding hydrogens is 188 g/mol. The lowest BCUT2D eigenvalue weighted by Gasteiger charge is -2.34. The van der Waals surface area contributed by atoms with Crippen LogP contribution in [0.15, 0.2) is 24.4 Å². The predicted molar refractivity (Wildman–Crippen MR) is 58.2 cm³/mol. The van der Waals surface area contributed by atoms with Gasteiger partial charge in [-0.3, -0.25) is 9.78 Å². The molecule has 15 heavy (non-hydrogen) atoms. The van der Waals surface area contributed by atoms with E-state index in [1.807, 2.05) is 23.1 Å². The standard InChI is InChI=1S/C12H16N2O/c1-10(15)14-9-5-3-7-12(14)11-6-2-4-8-13-11/h2,4,6,8,12H,3,5,7,9H2,1H3/t12-/m0/s1. The first-order valence-corrected chi connectivity index (χ1v) is 5.47. The molecule has 0 saturated carbocycles. The minimum Gasteiger partial charge on any atom is -0.334 e. The Labute approximate surface area is 90.1 Å². The summed E-state index contributed by atoms with van der Waals surface area (Å²) in [6, 6.07) is 6.09. The van der Waals surface area contributed by atoms with Crippen molar-refractivity contribution in [2.75, 3.05) is 6.54 Å². The van der Waals surface area contributed by atoms with Gasteiger partial charge in [0, 0.05) is 19.7 Å². The molecule has 3 nitrogen and oxygen atoms in total. The number of likely N-dealkylation sites (tertiary alicyclic amines) is 1. The lowest BCUT2D eigenvalue weighted by atomic mass is 9.99. The SMILES string of the molecule is CC(=O)N1CCCC[C@H]1c1ccccn1. The highest BCUT2D eigenvalue weighted by Crippen LogP contribution is 2.29. The van der Waals surface area contributed by atoms with E-state index in [-0.39, 0.29) is 11.9 Å². The van der Waals surface area contributed by atoms with E-state index in [2.05, 4.69) is 4.98 Å². The van der Waals surface area contributed by atoms with Crippen LogP contribution >= 0.6 is 0 Å². The molecule has 2 heterocycles. The van der Waals surface area contributed by atoms with Crippen LogP contribution in [0.4, 0.5) is 0 Å². The highest BCUT2D eigenvalue weighted by molar-refractivity contribution is 5.73. The van der Waals surface area contributed by atoms with Crippen LogP contribution in [0, 0.1) is 0 Å². The fourth-order valence-corrected chi connectivity index (χ4v) is 2.19. The predicted octanol–water partition coefficient (Wildman–Crippen LogP) is 2.16. The van der Waals surface area contributed by atoms with E-state index in [0.29, 0.717) is 0 Å². The number of amides is 1. The maximum Gasteiger partial charge on any atom is 0.220 e. The number of hydrogen-bond donors (Lipinski definition) is 0. The summed E-state index contributed by atoms with van der Waals surface area (Å²) in [5.41, 5.74) is 1.02. The minimum atomic E-state index is 0.158. The van der Waals surface area contributed by atoms with Gasteiger partial charge in [0.1, 0.15) is 0 Å².